The summed E-state index contributed by atoms with van der Waals surface area (Å²) in [7, 11) is 0. The zero-order valence-corrected chi connectivity index (χ0v) is 10.9. The molecule has 0 aliphatic carbocycles. The lowest BCUT2D eigenvalue weighted by molar-refractivity contribution is 0.276. The van der Waals surface area contributed by atoms with Crippen LogP contribution in [0, 0.1) is 5.82 Å². The Morgan fingerprint density at radius 1 is 1.44 bits per heavy atom. The van der Waals surface area contributed by atoms with Crippen molar-refractivity contribution in [2.45, 2.75) is 32.4 Å². The minimum atomic E-state index is -0.228. The van der Waals surface area contributed by atoms with Crippen LogP contribution >= 0.6 is 15.9 Å². The molecule has 2 nitrogen and oxygen atoms in total. The third-order valence-electron chi connectivity index (χ3n) is 2.37. The first-order valence-corrected chi connectivity index (χ1v) is 6.20. The van der Waals surface area contributed by atoms with Crippen LogP contribution in [0.4, 0.5) is 4.39 Å². The highest BCUT2D eigenvalue weighted by atomic mass is 79.9. The molecule has 0 spiro atoms. The maximum absolute atomic E-state index is 13.1. The summed E-state index contributed by atoms with van der Waals surface area (Å²) in [4.78, 5) is 0. The largest absolute Gasteiger partial charge is 0.396 e. The molecule has 0 heterocycles. The highest BCUT2D eigenvalue weighted by Gasteiger charge is 2.03. The summed E-state index contributed by atoms with van der Waals surface area (Å²) in [5.41, 5.74) is 0.919. The van der Waals surface area contributed by atoms with Crippen molar-refractivity contribution in [1.82, 2.24) is 5.32 Å². The number of aliphatic hydroxyl groups is 1. The summed E-state index contributed by atoms with van der Waals surface area (Å²) >= 11 is 3.26. The van der Waals surface area contributed by atoms with Gasteiger partial charge in [0.2, 0.25) is 0 Å². The van der Waals surface area contributed by atoms with E-state index >= 15 is 0 Å². The van der Waals surface area contributed by atoms with Gasteiger partial charge >= 0.3 is 0 Å². The Morgan fingerprint density at radius 2 is 2.19 bits per heavy atom. The van der Waals surface area contributed by atoms with E-state index in [0.717, 1.165) is 22.9 Å². The Balaban J connectivity index is 2.41. The molecule has 4 heteroatoms. The van der Waals surface area contributed by atoms with Crippen LogP contribution in [-0.2, 0) is 6.54 Å². The van der Waals surface area contributed by atoms with Crippen molar-refractivity contribution in [2.75, 3.05) is 6.61 Å². The average Bonchev–Trinajstić information content (AvgIpc) is 2.22. The summed E-state index contributed by atoms with van der Waals surface area (Å²) in [6, 6.07) is 5.19. The quantitative estimate of drug-likeness (QED) is 0.844. The summed E-state index contributed by atoms with van der Waals surface area (Å²) in [5.74, 6) is -0.228. The fourth-order valence-electron chi connectivity index (χ4n) is 1.50. The van der Waals surface area contributed by atoms with E-state index in [1.165, 1.54) is 12.1 Å². The van der Waals surface area contributed by atoms with E-state index in [1.54, 1.807) is 0 Å². The van der Waals surface area contributed by atoms with Gasteiger partial charge in [0.25, 0.3) is 0 Å². The van der Waals surface area contributed by atoms with Crippen molar-refractivity contribution in [2.24, 2.45) is 0 Å². The van der Waals surface area contributed by atoms with E-state index in [0.29, 0.717) is 12.6 Å². The van der Waals surface area contributed by atoms with E-state index in [4.69, 9.17) is 5.11 Å². The van der Waals surface area contributed by atoms with E-state index < -0.39 is 0 Å². The fourth-order valence-corrected chi connectivity index (χ4v) is 2.02. The van der Waals surface area contributed by atoms with Gasteiger partial charge in [0.1, 0.15) is 5.82 Å². The first-order valence-electron chi connectivity index (χ1n) is 5.41. The summed E-state index contributed by atoms with van der Waals surface area (Å²) in [5, 5.41) is 12.0. The molecule has 0 amide bonds. The second-order valence-electron chi connectivity index (χ2n) is 3.93. The zero-order chi connectivity index (χ0) is 12.0. The predicted octanol–water partition coefficient (Wildman–Crippen LogP) is 2.84. The molecule has 0 aromatic heterocycles. The molecule has 1 aromatic rings. The van der Waals surface area contributed by atoms with Gasteiger partial charge in [-0.2, -0.15) is 0 Å². The lowest BCUT2D eigenvalue weighted by atomic mass is 10.1. The van der Waals surface area contributed by atoms with Gasteiger partial charge in [-0.3, -0.25) is 0 Å². The monoisotopic (exact) mass is 289 g/mol. The summed E-state index contributed by atoms with van der Waals surface area (Å²) < 4.78 is 13.8. The van der Waals surface area contributed by atoms with Crippen LogP contribution in [-0.4, -0.2) is 17.8 Å². The molecule has 90 valence electrons. The molecule has 0 aliphatic rings. The van der Waals surface area contributed by atoms with Gasteiger partial charge in [0.15, 0.2) is 0 Å². The molecule has 0 saturated heterocycles. The van der Waals surface area contributed by atoms with Gasteiger partial charge in [-0.25, -0.2) is 4.39 Å². The SMILES string of the molecule is CC(CCCO)NCc1cc(F)cc(Br)c1. The van der Waals surface area contributed by atoms with Crippen LogP contribution in [0.15, 0.2) is 22.7 Å². The molecule has 0 bridgehead atoms. The lowest BCUT2D eigenvalue weighted by Gasteiger charge is -2.13. The predicted molar refractivity (Wildman–Crippen MR) is 66.7 cm³/mol. The van der Waals surface area contributed by atoms with Crippen LogP contribution in [0.1, 0.15) is 25.3 Å². The van der Waals surface area contributed by atoms with Gasteiger partial charge in [-0.15, -0.1) is 0 Å². The molecule has 0 saturated carbocycles. The number of hydrogen-bond acceptors (Lipinski definition) is 2. The zero-order valence-electron chi connectivity index (χ0n) is 9.34. The van der Waals surface area contributed by atoms with Crippen LogP contribution in [0.25, 0.3) is 0 Å². The minimum absolute atomic E-state index is 0.220. The molecule has 0 aliphatic heterocycles. The number of halogens is 2. The number of nitrogens with one attached hydrogen (secondary N) is 1. The van der Waals surface area contributed by atoms with Gasteiger partial charge in [0.05, 0.1) is 0 Å². The van der Waals surface area contributed by atoms with Crippen molar-refractivity contribution in [3.8, 4) is 0 Å². The second kappa shape index (κ2) is 6.99. The van der Waals surface area contributed by atoms with Crippen molar-refractivity contribution in [3.63, 3.8) is 0 Å². The highest BCUT2D eigenvalue weighted by molar-refractivity contribution is 9.10. The van der Waals surface area contributed by atoms with Crippen molar-refractivity contribution in [3.05, 3.63) is 34.1 Å². The Labute approximate surface area is 104 Å². The molecule has 1 rings (SSSR count). The Kier molecular flexibility index (Phi) is 5.95. The Morgan fingerprint density at radius 3 is 2.81 bits per heavy atom. The maximum atomic E-state index is 13.1. The molecule has 16 heavy (non-hydrogen) atoms. The second-order valence-corrected chi connectivity index (χ2v) is 4.84. The number of aliphatic hydroxyl groups excluding tert-OH is 1. The van der Waals surface area contributed by atoms with Crippen molar-refractivity contribution in [1.29, 1.82) is 0 Å². The first kappa shape index (κ1) is 13.6. The first-order chi connectivity index (χ1) is 7.61. The van der Waals surface area contributed by atoms with E-state index in [9.17, 15) is 4.39 Å². The molecule has 1 unspecified atom stereocenters. The van der Waals surface area contributed by atoms with E-state index in [-0.39, 0.29) is 12.4 Å². The fraction of sp³-hybridized carbons (Fsp3) is 0.500. The molecule has 2 N–H and O–H groups in total. The van der Waals surface area contributed by atoms with Crippen LogP contribution in [0.2, 0.25) is 0 Å². The molecule has 0 fully saturated rings. The molecule has 1 aromatic carbocycles. The van der Waals surface area contributed by atoms with Gasteiger partial charge in [-0.05, 0) is 43.5 Å². The standard InChI is InChI=1S/C12H17BrFNO/c1-9(3-2-4-16)15-8-10-5-11(13)7-12(14)6-10/h5-7,9,15-16H,2-4,8H2,1H3. The van der Waals surface area contributed by atoms with Crippen molar-refractivity contribution >= 4 is 15.9 Å². The number of benzene rings is 1. The lowest BCUT2D eigenvalue weighted by Crippen LogP contribution is -2.25. The summed E-state index contributed by atoms with van der Waals surface area (Å²) in [6.07, 6.45) is 1.72. The van der Waals surface area contributed by atoms with Gasteiger partial charge < -0.3 is 10.4 Å². The summed E-state index contributed by atoms with van der Waals surface area (Å²) in [6.45, 7) is 2.92. The topological polar surface area (TPSA) is 32.3 Å². The third kappa shape index (κ3) is 5.05. The average molecular weight is 290 g/mol. The minimum Gasteiger partial charge on any atom is -0.396 e. The number of rotatable bonds is 6. The number of hydrogen-bond donors (Lipinski definition) is 2. The van der Waals surface area contributed by atoms with Gasteiger partial charge in [-0.1, -0.05) is 15.9 Å². The van der Waals surface area contributed by atoms with Crippen LogP contribution in [0.5, 0.6) is 0 Å². The van der Waals surface area contributed by atoms with Crippen LogP contribution < -0.4 is 5.32 Å². The molecular weight excluding hydrogens is 273 g/mol. The van der Waals surface area contributed by atoms with Crippen molar-refractivity contribution < 1.29 is 9.50 Å². The van der Waals surface area contributed by atoms with E-state index in [1.807, 2.05) is 6.07 Å². The molecular formula is C12H17BrFNO. The van der Waals surface area contributed by atoms with Gasteiger partial charge in [0, 0.05) is 23.7 Å². The third-order valence-corrected chi connectivity index (χ3v) is 2.83. The highest BCUT2D eigenvalue weighted by Crippen LogP contribution is 2.14. The smallest absolute Gasteiger partial charge is 0.124 e. The Hall–Kier alpha value is -0.450. The molecule has 0 radical (unpaired) electrons. The maximum Gasteiger partial charge on any atom is 0.124 e. The van der Waals surface area contributed by atoms with E-state index in [2.05, 4.69) is 28.2 Å². The molecule has 1 atom stereocenters. The normalized spacial score (nSPS) is 12.8. The van der Waals surface area contributed by atoms with Crippen LogP contribution in [0.3, 0.4) is 0 Å². The Bertz CT molecular complexity index is 313.